The summed E-state index contributed by atoms with van der Waals surface area (Å²) >= 11 is 1.23. The molecule has 2 heterocycles. The van der Waals surface area contributed by atoms with E-state index < -0.39 is 0 Å². The molecule has 0 amide bonds. The van der Waals surface area contributed by atoms with Crippen molar-refractivity contribution in [1.29, 1.82) is 0 Å². The van der Waals surface area contributed by atoms with Crippen molar-refractivity contribution in [3.05, 3.63) is 52.4 Å². The van der Waals surface area contributed by atoms with Gasteiger partial charge in [0.1, 0.15) is 0 Å². The van der Waals surface area contributed by atoms with Gasteiger partial charge >= 0.3 is 4.87 Å². The van der Waals surface area contributed by atoms with Crippen LogP contribution in [0.5, 0.6) is 0 Å². The van der Waals surface area contributed by atoms with Gasteiger partial charge in [-0.3, -0.25) is 9.78 Å². The van der Waals surface area contributed by atoms with E-state index in [0.29, 0.717) is 0 Å². The highest BCUT2D eigenvalue weighted by Gasteiger charge is 2.02. The lowest BCUT2D eigenvalue weighted by Crippen LogP contribution is -1.89. The van der Waals surface area contributed by atoms with Crippen LogP contribution < -0.4 is 4.87 Å². The summed E-state index contributed by atoms with van der Waals surface area (Å²) in [5, 5.41) is 0. The first-order chi connectivity index (χ1) is 7.83. The number of H-pyrrole nitrogens is 1. The third kappa shape index (κ3) is 1.53. The van der Waals surface area contributed by atoms with Crippen LogP contribution >= 0.6 is 11.3 Å². The van der Waals surface area contributed by atoms with Gasteiger partial charge in [-0.25, -0.2) is 0 Å². The Balaban J connectivity index is 2.22. The molecule has 0 saturated heterocycles. The number of nitrogens with one attached hydrogen (secondary N) is 1. The minimum absolute atomic E-state index is 0.0121. The average Bonchev–Trinajstić information content (AvgIpc) is 2.69. The zero-order valence-corrected chi connectivity index (χ0v) is 9.12. The topological polar surface area (TPSA) is 45.8 Å². The Morgan fingerprint density at radius 2 is 1.88 bits per heavy atom. The highest BCUT2D eigenvalue weighted by Crippen LogP contribution is 2.24. The number of aromatic nitrogens is 2. The van der Waals surface area contributed by atoms with Crippen LogP contribution in [0.2, 0.25) is 0 Å². The molecule has 16 heavy (non-hydrogen) atoms. The molecule has 4 heteroatoms. The van der Waals surface area contributed by atoms with E-state index in [1.54, 1.807) is 12.4 Å². The highest BCUT2D eigenvalue weighted by atomic mass is 32.1. The normalized spacial score (nSPS) is 10.8. The first kappa shape index (κ1) is 9.30. The van der Waals surface area contributed by atoms with Gasteiger partial charge in [-0.2, -0.15) is 0 Å². The molecule has 0 saturated carbocycles. The van der Waals surface area contributed by atoms with Crippen LogP contribution in [-0.4, -0.2) is 9.97 Å². The lowest BCUT2D eigenvalue weighted by Gasteiger charge is -2.00. The Kier molecular flexibility index (Phi) is 2.08. The first-order valence-electron chi connectivity index (χ1n) is 4.86. The fraction of sp³-hybridized carbons (Fsp3) is 0. The molecule has 0 aliphatic carbocycles. The van der Waals surface area contributed by atoms with E-state index in [2.05, 4.69) is 9.97 Å². The highest BCUT2D eigenvalue weighted by molar-refractivity contribution is 7.16. The standard InChI is InChI=1S/C12H8N2OS/c15-12-14-10-2-1-9(7-11(10)16-12)8-3-5-13-6-4-8/h1-7H,(H,14,15). The van der Waals surface area contributed by atoms with Crippen LogP contribution in [0.1, 0.15) is 0 Å². The predicted molar refractivity (Wildman–Crippen MR) is 65.7 cm³/mol. The summed E-state index contributed by atoms with van der Waals surface area (Å²) in [5.41, 5.74) is 3.11. The van der Waals surface area contributed by atoms with E-state index in [-0.39, 0.29) is 4.87 Å². The molecular weight excluding hydrogens is 220 g/mol. The molecule has 78 valence electrons. The van der Waals surface area contributed by atoms with Gasteiger partial charge in [0.15, 0.2) is 0 Å². The second-order valence-electron chi connectivity index (χ2n) is 3.46. The quantitative estimate of drug-likeness (QED) is 0.696. The Bertz CT molecular complexity index is 685. The fourth-order valence-corrected chi connectivity index (χ4v) is 2.44. The van der Waals surface area contributed by atoms with Crippen LogP contribution in [-0.2, 0) is 0 Å². The molecule has 2 aromatic heterocycles. The van der Waals surface area contributed by atoms with Gasteiger partial charge in [0.05, 0.1) is 10.2 Å². The summed E-state index contributed by atoms with van der Waals surface area (Å²) in [5.74, 6) is 0. The number of hydrogen-bond acceptors (Lipinski definition) is 3. The van der Waals surface area contributed by atoms with Crippen LogP contribution in [0, 0.1) is 0 Å². The molecule has 3 aromatic rings. The second kappa shape index (κ2) is 3.57. The molecular formula is C12H8N2OS. The number of thiazole rings is 1. The monoisotopic (exact) mass is 228 g/mol. The van der Waals surface area contributed by atoms with Crippen LogP contribution in [0.4, 0.5) is 0 Å². The smallest absolute Gasteiger partial charge is 0.305 e. The number of hydrogen-bond donors (Lipinski definition) is 1. The molecule has 1 aromatic carbocycles. The van der Waals surface area contributed by atoms with Crippen molar-refractivity contribution in [3.8, 4) is 11.1 Å². The van der Waals surface area contributed by atoms with E-state index in [9.17, 15) is 4.79 Å². The molecule has 3 nitrogen and oxygen atoms in total. The van der Waals surface area contributed by atoms with Gasteiger partial charge in [-0.1, -0.05) is 17.4 Å². The van der Waals surface area contributed by atoms with Gasteiger partial charge in [0.2, 0.25) is 0 Å². The van der Waals surface area contributed by atoms with E-state index in [1.165, 1.54) is 11.3 Å². The SMILES string of the molecule is O=c1[nH]c2ccc(-c3ccncc3)cc2s1. The largest absolute Gasteiger partial charge is 0.312 e. The summed E-state index contributed by atoms with van der Waals surface area (Å²) < 4.78 is 0.985. The maximum atomic E-state index is 11.2. The number of fused-ring (bicyclic) bond motifs is 1. The lowest BCUT2D eigenvalue weighted by atomic mass is 10.1. The summed E-state index contributed by atoms with van der Waals surface area (Å²) in [6, 6.07) is 9.86. The third-order valence-electron chi connectivity index (χ3n) is 2.43. The van der Waals surface area contributed by atoms with Crippen molar-refractivity contribution < 1.29 is 0 Å². The van der Waals surface area contributed by atoms with Crippen molar-refractivity contribution in [2.75, 3.05) is 0 Å². The van der Waals surface area contributed by atoms with E-state index in [1.807, 2.05) is 30.3 Å². The third-order valence-corrected chi connectivity index (χ3v) is 3.28. The molecule has 0 fully saturated rings. The Hall–Kier alpha value is -1.94. The Labute approximate surface area is 95.4 Å². The fourth-order valence-electron chi connectivity index (χ4n) is 1.67. The van der Waals surface area contributed by atoms with E-state index in [4.69, 9.17) is 0 Å². The first-order valence-corrected chi connectivity index (χ1v) is 5.68. The molecule has 0 aliphatic rings. The minimum atomic E-state index is -0.0121. The molecule has 0 unspecified atom stereocenters. The predicted octanol–water partition coefficient (Wildman–Crippen LogP) is 2.65. The van der Waals surface area contributed by atoms with Gasteiger partial charge < -0.3 is 4.98 Å². The van der Waals surface area contributed by atoms with E-state index >= 15 is 0 Å². The summed E-state index contributed by atoms with van der Waals surface area (Å²) in [6.45, 7) is 0. The van der Waals surface area contributed by atoms with Gasteiger partial charge in [-0.15, -0.1) is 0 Å². The Morgan fingerprint density at radius 1 is 1.06 bits per heavy atom. The van der Waals surface area contributed by atoms with Gasteiger partial charge in [0.25, 0.3) is 0 Å². The number of aromatic amines is 1. The second-order valence-corrected chi connectivity index (χ2v) is 4.48. The van der Waals surface area contributed by atoms with E-state index in [0.717, 1.165) is 21.3 Å². The summed E-state index contributed by atoms with van der Waals surface area (Å²) in [6.07, 6.45) is 3.53. The number of benzene rings is 1. The molecule has 0 radical (unpaired) electrons. The van der Waals surface area contributed by atoms with Crippen molar-refractivity contribution in [3.63, 3.8) is 0 Å². The maximum Gasteiger partial charge on any atom is 0.305 e. The number of pyridine rings is 1. The minimum Gasteiger partial charge on any atom is -0.312 e. The van der Waals surface area contributed by atoms with Crippen molar-refractivity contribution >= 4 is 21.6 Å². The molecule has 0 aliphatic heterocycles. The number of nitrogens with zero attached hydrogens (tertiary/aromatic N) is 1. The maximum absolute atomic E-state index is 11.2. The molecule has 3 rings (SSSR count). The summed E-state index contributed by atoms with van der Waals surface area (Å²) in [7, 11) is 0. The van der Waals surface area contributed by atoms with Crippen molar-refractivity contribution in [2.24, 2.45) is 0 Å². The molecule has 0 atom stereocenters. The Morgan fingerprint density at radius 3 is 2.69 bits per heavy atom. The number of rotatable bonds is 1. The lowest BCUT2D eigenvalue weighted by molar-refractivity contribution is 1.33. The van der Waals surface area contributed by atoms with Crippen LogP contribution in [0.25, 0.3) is 21.3 Å². The summed E-state index contributed by atoms with van der Waals surface area (Å²) in [4.78, 5) is 17.9. The molecule has 0 bridgehead atoms. The molecule has 0 spiro atoms. The van der Waals surface area contributed by atoms with Crippen LogP contribution in [0.15, 0.2) is 47.5 Å². The zero-order valence-electron chi connectivity index (χ0n) is 8.31. The van der Waals surface area contributed by atoms with Crippen molar-refractivity contribution in [2.45, 2.75) is 0 Å². The van der Waals surface area contributed by atoms with Crippen molar-refractivity contribution in [1.82, 2.24) is 9.97 Å². The van der Waals surface area contributed by atoms with Gasteiger partial charge in [-0.05, 0) is 35.4 Å². The zero-order chi connectivity index (χ0) is 11.0. The van der Waals surface area contributed by atoms with Crippen LogP contribution in [0.3, 0.4) is 0 Å². The average molecular weight is 228 g/mol. The van der Waals surface area contributed by atoms with Gasteiger partial charge in [0, 0.05) is 12.4 Å². The molecule has 1 N–H and O–H groups in total.